The molecular formula is C15H16F2N2. The summed E-state index contributed by atoms with van der Waals surface area (Å²) in [5.41, 5.74) is 1.93. The first-order chi connectivity index (χ1) is 9.22. The van der Waals surface area contributed by atoms with Gasteiger partial charge in [0.25, 0.3) is 0 Å². The van der Waals surface area contributed by atoms with Crippen LogP contribution in [0.5, 0.6) is 0 Å². The maximum Gasteiger partial charge on any atom is 0.159 e. The number of aromatic nitrogens is 1. The molecule has 0 bridgehead atoms. The van der Waals surface area contributed by atoms with Gasteiger partial charge in [0.15, 0.2) is 11.6 Å². The van der Waals surface area contributed by atoms with Crippen molar-refractivity contribution in [1.82, 2.24) is 9.88 Å². The molecule has 0 atom stereocenters. The second-order valence-electron chi connectivity index (χ2n) is 5.03. The van der Waals surface area contributed by atoms with Gasteiger partial charge in [-0.15, -0.1) is 0 Å². The summed E-state index contributed by atoms with van der Waals surface area (Å²) < 4.78 is 28.1. The Balaban J connectivity index is 1.71. The van der Waals surface area contributed by atoms with Crippen LogP contribution in [0.25, 0.3) is 0 Å². The average Bonchev–Trinajstić information content (AvgIpc) is 3.12. The molecule has 1 N–H and O–H groups in total. The van der Waals surface area contributed by atoms with Crippen molar-refractivity contribution in [2.75, 3.05) is 0 Å². The lowest BCUT2D eigenvalue weighted by atomic mass is 10.2. The molecule has 1 aromatic heterocycles. The van der Waals surface area contributed by atoms with E-state index in [1.807, 2.05) is 12.3 Å². The van der Waals surface area contributed by atoms with Crippen molar-refractivity contribution >= 4 is 0 Å². The zero-order valence-electron chi connectivity index (χ0n) is 10.6. The number of benzene rings is 1. The van der Waals surface area contributed by atoms with Gasteiger partial charge in [0.1, 0.15) is 0 Å². The summed E-state index contributed by atoms with van der Waals surface area (Å²) >= 11 is 0. The highest BCUT2D eigenvalue weighted by atomic mass is 19.2. The number of hydrogen-bond acceptors (Lipinski definition) is 1. The summed E-state index contributed by atoms with van der Waals surface area (Å²) in [5, 5.41) is 3.45. The first kappa shape index (κ1) is 12.4. The van der Waals surface area contributed by atoms with Crippen LogP contribution in [0.3, 0.4) is 0 Å². The Hall–Kier alpha value is -1.68. The highest BCUT2D eigenvalue weighted by Crippen LogP contribution is 2.19. The van der Waals surface area contributed by atoms with Crippen molar-refractivity contribution in [1.29, 1.82) is 0 Å². The predicted molar refractivity (Wildman–Crippen MR) is 69.8 cm³/mol. The molecule has 1 saturated carbocycles. The Bertz CT molecular complexity index is 573. The van der Waals surface area contributed by atoms with Crippen LogP contribution in [0.1, 0.15) is 24.1 Å². The number of hydrogen-bond donors (Lipinski definition) is 1. The molecule has 0 unspecified atom stereocenters. The minimum Gasteiger partial charge on any atom is -0.346 e. The van der Waals surface area contributed by atoms with Crippen LogP contribution in [-0.2, 0) is 13.1 Å². The first-order valence-corrected chi connectivity index (χ1v) is 6.54. The van der Waals surface area contributed by atoms with Gasteiger partial charge < -0.3 is 9.88 Å². The molecule has 2 nitrogen and oxygen atoms in total. The summed E-state index contributed by atoms with van der Waals surface area (Å²) in [4.78, 5) is 0. The summed E-state index contributed by atoms with van der Waals surface area (Å²) in [7, 11) is 0. The van der Waals surface area contributed by atoms with E-state index in [0.717, 1.165) is 17.8 Å². The Kier molecular flexibility index (Phi) is 3.34. The molecule has 1 aliphatic carbocycles. The monoisotopic (exact) mass is 262 g/mol. The van der Waals surface area contributed by atoms with E-state index in [1.54, 1.807) is 6.07 Å². The zero-order valence-corrected chi connectivity index (χ0v) is 10.6. The minimum atomic E-state index is -0.799. The van der Waals surface area contributed by atoms with Gasteiger partial charge in [0.2, 0.25) is 0 Å². The Morgan fingerprint density at radius 1 is 1.16 bits per heavy atom. The molecule has 100 valence electrons. The fourth-order valence-corrected chi connectivity index (χ4v) is 2.14. The van der Waals surface area contributed by atoms with E-state index in [2.05, 4.69) is 16.0 Å². The van der Waals surface area contributed by atoms with Crippen molar-refractivity contribution in [2.45, 2.75) is 32.0 Å². The topological polar surface area (TPSA) is 17.0 Å². The molecule has 4 heteroatoms. The highest BCUT2D eigenvalue weighted by Gasteiger charge is 2.20. The lowest BCUT2D eigenvalue weighted by Crippen LogP contribution is -2.18. The van der Waals surface area contributed by atoms with Crippen LogP contribution in [0, 0.1) is 11.6 Å². The minimum absolute atomic E-state index is 0.561. The summed E-state index contributed by atoms with van der Waals surface area (Å²) in [6.45, 7) is 1.38. The van der Waals surface area contributed by atoms with Crippen molar-refractivity contribution in [3.05, 3.63) is 59.4 Å². The van der Waals surface area contributed by atoms with Gasteiger partial charge in [0, 0.05) is 31.0 Å². The largest absolute Gasteiger partial charge is 0.346 e. The maximum absolute atomic E-state index is 13.2. The van der Waals surface area contributed by atoms with Gasteiger partial charge in [-0.3, -0.25) is 0 Å². The molecule has 1 aliphatic rings. The van der Waals surface area contributed by atoms with Crippen LogP contribution >= 0.6 is 0 Å². The fourth-order valence-electron chi connectivity index (χ4n) is 2.14. The average molecular weight is 262 g/mol. The SMILES string of the molecule is Fc1ccc(Cn2cccc2CNC2CC2)cc1F. The van der Waals surface area contributed by atoms with E-state index in [0.29, 0.717) is 12.6 Å². The standard InChI is InChI=1S/C15H16F2N2/c16-14-6-3-11(8-15(14)17)10-19-7-1-2-13(19)9-18-12-4-5-12/h1-3,6-8,12,18H,4-5,9-10H2. The summed E-state index contributed by atoms with van der Waals surface area (Å²) in [6.07, 6.45) is 4.47. The van der Waals surface area contributed by atoms with Gasteiger partial charge in [-0.1, -0.05) is 6.07 Å². The molecule has 1 fully saturated rings. The quantitative estimate of drug-likeness (QED) is 0.876. The second kappa shape index (κ2) is 5.13. The number of nitrogens with zero attached hydrogens (tertiary/aromatic N) is 1. The third-order valence-corrected chi connectivity index (χ3v) is 3.41. The first-order valence-electron chi connectivity index (χ1n) is 6.54. The Labute approximate surface area is 111 Å². The molecule has 0 amide bonds. The highest BCUT2D eigenvalue weighted by molar-refractivity contribution is 5.20. The fraction of sp³-hybridized carbons (Fsp3) is 0.333. The molecule has 0 spiro atoms. The van der Waals surface area contributed by atoms with Crippen molar-refractivity contribution in [3.8, 4) is 0 Å². The maximum atomic E-state index is 13.2. The zero-order chi connectivity index (χ0) is 13.2. The molecule has 1 aromatic carbocycles. The lowest BCUT2D eigenvalue weighted by molar-refractivity contribution is 0.506. The molecule has 0 aliphatic heterocycles. The Morgan fingerprint density at radius 3 is 2.74 bits per heavy atom. The van der Waals surface area contributed by atoms with Gasteiger partial charge in [-0.25, -0.2) is 8.78 Å². The lowest BCUT2D eigenvalue weighted by Gasteiger charge is -2.10. The van der Waals surface area contributed by atoms with Crippen molar-refractivity contribution in [2.24, 2.45) is 0 Å². The number of halogens is 2. The van der Waals surface area contributed by atoms with E-state index in [9.17, 15) is 8.78 Å². The summed E-state index contributed by atoms with van der Waals surface area (Å²) in [5.74, 6) is -1.59. The molecule has 1 heterocycles. The molecule has 2 aromatic rings. The van der Waals surface area contributed by atoms with Crippen LogP contribution in [0.15, 0.2) is 36.5 Å². The second-order valence-corrected chi connectivity index (χ2v) is 5.03. The molecule has 19 heavy (non-hydrogen) atoms. The van der Waals surface area contributed by atoms with E-state index >= 15 is 0 Å². The summed E-state index contributed by atoms with van der Waals surface area (Å²) in [6, 6.07) is 8.74. The molecule has 3 rings (SSSR count). The molecular weight excluding hydrogens is 246 g/mol. The van der Waals surface area contributed by atoms with Gasteiger partial charge in [-0.2, -0.15) is 0 Å². The smallest absolute Gasteiger partial charge is 0.159 e. The van der Waals surface area contributed by atoms with Crippen molar-refractivity contribution in [3.63, 3.8) is 0 Å². The van der Waals surface area contributed by atoms with Crippen LogP contribution in [-0.4, -0.2) is 10.6 Å². The Morgan fingerprint density at radius 2 is 2.00 bits per heavy atom. The number of rotatable bonds is 5. The molecule has 0 radical (unpaired) electrons. The van der Waals surface area contributed by atoms with Crippen molar-refractivity contribution < 1.29 is 8.78 Å². The van der Waals surface area contributed by atoms with E-state index < -0.39 is 11.6 Å². The normalized spacial score (nSPS) is 14.8. The van der Waals surface area contributed by atoms with E-state index in [4.69, 9.17) is 0 Å². The third kappa shape index (κ3) is 3.01. The third-order valence-electron chi connectivity index (χ3n) is 3.41. The number of nitrogens with one attached hydrogen (secondary N) is 1. The predicted octanol–water partition coefficient (Wildman–Crippen LogP) is 3.07. The molecule has 0 saturated heterocycles. The van der Waals surface area contributed by atoms with E-state index in [1.165, 1.54) is 25.0 Å². The van der Waals surface area contributed by atoms with Crippen LogP contribution < -0.4 is 5.32 Å². The van der Waals surface area contributed by atoms with Gasteiger partial charge in [-0.05, 0) is 42.7 Å². The van der Waals surface area contributed by atoms with Crippen LogP contribution in [0.4, 0.5) is 8.78 Å². The van der Waals surface area contributed by atoms with Crippen LogP contribution in [0.2, 0.25) is 0 Å². The van der Waals surface area contributed by atoms with Gasteiger partial charge >= 0.3 is 0 Å². The van der Waals surface area contributed by atoms with E-state index in [-0.39, 0.29) is 0 Å². The van der Waals surface area contributed by atoms with Gasteiger partial charge in [0.05, 0.1) is 0 Å².